The zero-order valence-electron chi connectivity index (χ0n) is 16.8. The van der Waals surface area contributed by atoms with Gasteiger partial charge in [0.15, 0.2) is 5.78 Å². The molecule has 0 aliphatic carbocycles. The summed E-state index contributed by atoms with van der Waals surface area (Å²) in [6.45, 7) is 9.13. The van der Waals surface area contributed by atoms with Crippen molar-refractivity contribution in [2.24, 2.45) is 0 Å². The molecule has 0 N–H and O–H groups in total. The summed E-state index contributed by atoms with van der Waals surface area (Å²) < 4.78 is 12.9. The van der Waals surface area contributed by atoms with E-state index in [1.54, 1.807) is 0 Å². The molecule has 0 aromatic heterocycles. The van der Waals surface area contributed by atoms with Crippen LogP contribution in [-0.4, -0.2) is 32.9 Å². The first-order chi connectivity index (χ1) is 12.8. The number of rotatable bonds is 5. The Hall–Kier alpha value is -1.75. The van der Waals surface area contributed by atoms with Gasteiger partial charge in [0.2, 0.25) is 0 Å². The third-order valence-corrected chi connectivity index (χ3v) is 10.6. The number of hydrogen-bond acceptors (Lipinski definition) is 3. The number of ether oxygens (including phenoxy) is 1. The molecule has 1 fully saturated rings. The van der Waals surface area contributed by atoms with Crippen molar-refractivity contribution < 1.29 is 14.0 Å². The molecular formula is C23H30O3Si. The molecular weight excluding hydrogens is 352 g/mol. The molecule has 144 valence electrons. The highest BCUT2D eigenvalue weighted by atomic mass is 28.4. The van der Waals surface area contributed by atoms with Crippen LogP contribution in [-0.2, 0) is 14.0 Å². The van der Waals surface area contributed by atoms with Crippen molar-refractivity contribution in [3.05, 3.63) is 60.7 Å². The van der Waals surface area contributed by atoms with Gasteiger partial charge >= 0.3 is 0 Å². The Balaban J connectivity index is 2.05. The van der Waals surface area contributed by atoms with E-state index in [1.807, 2.05) is 0 Å². The van der Waals surface area contributed by atoms with Crippen LogP contribution in [0, 0.1) is 0 Å². The van der Waals surface area contributed by atoms with Gasteiger partial charge in [-0.15, -0.1) is 0 Å². The fourth-order valence-electron chi connectivity index (χ4n) is 4.07. The maximum atomic E-state index is 11.6. The molecule has 0 radical (unpaired) electrons. The summed E-state index contributed by atoms with van der Waals surface area (Å²) in [7, 11) is -2.58. The monoisotopic (exact) mass is 382 g/mol. The molecule has 27 heavy (non-hydrogen) atoms. The Morgan fingerprint density at radius 3 is 1.93 bits per heavy atom. The molecule has 1 saturated heterocycles. The standard InChI is InChI=1S/C23H30O3Si/c1-18(22-16-15-19(24)17-25-22)26-27(23(2,3)4,20-11-7-5-8-12-20)21-13-9-6-10-14-21/h5-14,18,22H,15-17H2,1-4H3. The summed E-state index contributed by atoms with van der Waals surface area (Å²) in [5, 5.41) is 2.47. The van der Waals surface area contributed by atoms with Crippen molar-refractivity contribution in [3.63, 3.8) is 0 Å². The Morgan fingerprint density at radius 1 is 1.00 bits per heavy atom. The lowest BCUT2D eigenvalue weighted by Crippen LogP contribution is -2.68. The highest BCUT2D eigenvalue weighted by Crippen LogP contribution is 2.38. The highest BCUT2D eigenvalue weighted by Gasteiger charge is 2.51. The maximum Gasteiger partial charge on any atom is 0.261 e. The normalized spacial score (nSPS) is 19.7. The third-order valence-electron chi connectivity index (χ3n) is 5.47. The lowest BCUT2D eigenvalue weighted by molar-refractivity contribution is -0.135. The van der Waals surface area contributed by atoms with Crippen molar-refractivity contribution >= 4 is 24.5 Å². The van der Waals surface area contributed by atoms with E-state index in [0.29, 0.717) is 6.42 Å². The van der Waals surface area contributed by atoms with Crippen LogP contribution in [0.2, 0.25) is 5.04 Å². The fraction of sp³-hybridized carbons (Fsp3) is 0.435. The van der Waals surface area contributed by atoms with Crippen LogP contribution in [0.15, 0.2) is 60.7 Å². The molecule has 0 bridgehead atoms. The second-order valence-electron chi connectivity index (χ2n) is 8.41. The van der Waals surface area contributed by atoms with Gasteiger partial charge in [-0.05, 0) is 28.8 Å². The van der Waals surface area contributed by atoms with E-state index < -0.39 is 8.32 Å². The van der Waals surface area contributed by atoms with E-state index in [1.165, 1.54) is 10.4 Å². The largest absolute Gasteiger partial charge is 0.402 e. The average Bonchev–Trinajstić information content (AvgIpc) is 2.67. The lowest BCUT2D eigenvalue weighted by Gasteiger charge is -2.46. The van der Waals surface area contributed by atoms with Gasteiger partial charge in [0.25, 0.3) is 8.32 Å². The molecule has 0 amide bonds. The van der Waals surface area contributed by atoms with Crippen LogP contribution < -0.4 is 10.4 Å². The van der Waals surface area contributed by atoms with Gasteiger partial charge in [0.05, 0.1) is 12.2 Å². The van der Waals surface area contributed by atoms with E-state index in [4.69, 9.17) is 9.16 Å². The second kappa shape index (κ2) is 8.09. The van der Waals surface area contributed by atoms with E-state index >= 15 is 0 Å². The Labute approximate surface area is 163 Å². The molecule has 3 nitrogen and oxygen atoms in total. The first kappa shape index (κ1) is 20.0. The van der Waals surface area contributed by atoms with E-state index in [-0.39, 0.29) is 29.6 Å². The number of Topliss-reactive ketones (excluding diaryl/α,β-unsaturated/α-hetero) is 1. The summed E-state index contributed by atoms with van der Waals surface area (Å²) in [5.74, 6) is 0.184. The van der Waals surface area contributed by atoms with Gasteiger partial charge in [-0.1, -0.05) is 81.4 Å². The molecule has 1 aliphatic rings. The molecule has 0 spiro atoms. The fourth-order valence-corrected chi connectivity index (χ4v) is 8.80. The van der Waals surface area contributed by atoms with Gasteiger partial charge in [0, 0.05) is 6.42 Å². The van der Waals surface area contributed by atoms with E-state index in [2.05, 4.69) is 88.4 Å². The quantitative estimate of drug-likeness (QED) is 0.740. The number of carbonyl (C=O) groups excluding carboxylic acids is 1. The second-order valence-corrected chi connectivity index (χ2v) is 12.7. The molecule has 3 rings (SSSR count). The molecule has 1 aliphatic heterocycles. The van der Waals surface area contributed by atoms with Crippen molar-refractivity contribution in [3.8, 4) is 0 Å². The predicted octanol–water partition coefficient (Wildman–Crippen LogP) is 3.70. The van der Waals surface area contributed by atoms with Crippen molar-refractivity contribution in [2.75, 3.05) is 6.61 Å². The van der Waals surface area contributed by atoms with Gasteiger partial charge in [-0.25, -0.2) is 0 Å². The zero-order chi connectivity index (χ0) is 19.5. The van der Waals surface area contributed by atoms with Gasteiger partial charge < -0.3 is 9.16 Å². The third kappa shape index (κ3) is 4.08. The van der Waals surface area contributed by atoms with Crippen LogP contribution in [0.25, 0.3) is 0 Å². The van der Waals surface area contributed by atoms with Gasteiger partial charge in [0.1, 0.15) is 6.61 Å². The lowest BCUT2D eigenvalue weighted by atomic mass is 10.0. The molecule has 2 unspecified atom stereocenters. The Bertz CT molecular complexity index is 703. The van der Waals surface area contributed by atoms with Crippen molar-refractivity contribution in [2.45, 2.75) is 57.8 Å². The van der Waals surface area contributed by atoms with Crippen molar-refractivity contribution in [1.29, 1.82) is 0 Å². The number of benzene rings is 2. The number of carbonyl (C=O) groups is 1. The minimum atomic E-state index is -2.58. The maximum absolute atomic E-state index is 11.6. The molecule has 4 heteroatoms. The predicted molar refractivity (Wildman–Crippen MR) is 112 cm³/mol. The minimum Gasteiger partial charge on any atom is -0.402 e. The molecule has 1 heterocycles. The first-order valence-corrected chi connectivity index (χ1v) is 11.7. The number of hydrogen-bond donors (Lipinski definition) is 0. The highest BCUT2D eigenvalue weighted by molar-refractivity contribution is 6.99. The Morgan fingerprint density at radius 2 is 1.52 bits per heavy atom. The topological polar surface area (TPSA) is 35.5 Å². The first-order valence-electron chi connectivity index (χ1n) is 9.77. The van der Waals surface area contributed by atoms with Gasteiger partial charge in [-0.3, -0.25) is 4.79 Å². The van der Waals surface area contributed by atoms with Crippen LogP contribution in [0.5, 0.6) is 0 Å². The smallest absolute Gasteiger partial charge is 0.261 e. The summed E-state index contributed by atoms with van der Waals surface area (Å²) in [6, 6.07) is 21.3. The van der Waals surface area contributed by atoms with Crippen molar-refractivity contribution in [1.82, 2.24) is 0 Å². The summed E-state index contributed by atoms with van der Waals surface area (Å²) >= 11 is 0. The Kier molecular flexibility index (Phi) is 5.99. The van der Waals surface area contributed by atoms with E-state index in [0.717, 1.165) is 6.42 Å². The average molecular weight is 383 g/mol. The van der Waals surface area contributed by atoms with Crippen LogP contribution in [0.4, 0.5) is 0 Å². The van der Waals surface area contributed by atoms with Crippen LogP contribution in [0.3, 0.4) is 0 Å². The van der Waals surface area contributed by atoms with Crippen LogP contribution in [0.1, 0.15) is 40.5 Å². The SMILES string of the molecule is CC(O[Si](c1ccccc1)(c1ccccc1)C(C)(C)C)C1CCC(=O)CO1. The molecule has 0 saturated carbocycles. The number of ketones is 1. The summed E-state index contributed by atoms with van der Waals surface area (Å²) in [4.78, 5) is 11.6. The zero-order valence-corrected chi connectivity index (χ0v) is 17.8. The molecule has 2 aromatic rings. The molecule has 2 aromatic carbocycles. The van der Waals surface area contributed by atoms with Gasteiger partial charge in [-0.2, -0.15) is 0 Å². The van der Waals surface area contributed by atoms with Crippen LogP contribution >= 0.6 is 0 Å². The summed E-state index contributed by atoms with van der Waals surface area (Å²) in [5.41, 5.74) is 0. The minimum absolute atomic E-state index is 0.0376. The molecule has 2 atom stereocenters. The van der Waals surface area contributed by atoms with E-state index in [9.17, 15) is 4.79 Å². The summed E-state index contributed by atoms with van der Waals surface area (Å²) in [6.07, 6.45) is 1.20.